The summed E-state index contributed by atoms with van der Waals surface area (Å²) in [7, 11) is -17.0. The second-order valence-electron chi connectivity index (χ2n) is 6.06. The zero-order chi connectivity index (χ0) is 23.2. The lowest BCUT2D eigenvalue weighted by Crippen LogP contribution is -2.39. The van der Waals surface area contributed by atoms with Gasteiger partial charge in [0.2, 0.25) is 0 Å². The standard InChI is InChI=1S/C10H15FN5O12P3/c11-10(2-25-30(21,22)28-31(23,24)27-29(18,19)20)5(17)1-6(26-10)16-4-15-7-8(12)13-3-14-9(7)16/h3-6,17H,1-2H2,(H,21,22)(H,23,24)(H2,12,13,14)(H2,18,19,20). The number of ether oxygens (including phenoxy) is 1. The Morgan fingerprint density at radius 3 is 2.52 bits per heavy atom. The van der Waals surface area contributed by atoms with Crippen LogP contribution in [0.15, 0.2) is 12.7 Å². The lowest BCUT2D eigenvalue weighted by Gasteiger charge is -2.24. The van der Waals surface area contributed by atoms with E-state index in [4.69, 9.17) is 25.2 Å². The van der Waals surface area contributed by atoms with Crippen LogP contribution in [0.5, 0.6) is 0 Å². The van der Waals surface area contributed by atoms with Crippen molar-refractivity contribution in [3.63, 3.8) is 0 Å². The van der Waals surface area contributed by atoms with Gasteiger partial charge in [-0.25, -0.2) is 33.0 Å². The molecule has 5 unspecified atom stereocenters. The van der Waals surface area contributed by atoms with Crippen LogP contribution in [0.3, 0.4) is 0 Å². The van der Waals surface area contributed by atoms with E-state index in [2.05, 4.69) is 28.1 Å². The van der Waals surface area contributed by atoms with Gasteiger partial charge in [0.15, 0.2) is 11.5 Å². The van der Waals surface area contributed by atoms with Gasteiger partial charge in [-0.15, -0.1) is 0 Å². The van der Waals surface area contributed by atoms with E-state index in [1.54, 1.807) is 0 Å². The van der Waals surface area contributed by atoms with E-state index in [-0.39, 0.29) is 17.0 Å². The Hall–Kier alpha value is -1.39. The van der Waals surface area contributed by atoms with Gasteiger partial charge < -0.3 is 35.2 Å². The summed E-state index contributed by atoms with van der Waals surface area (Å²) in [5.74, 6) is -3.08. The third-order valence-corrected chi connectivity index (χ3v) is 7.57. The van der Waals surface area contributed by atoms with Crippen LogP contribution in [0.1, 0.15) is 12.6 Å². The first-order valence-corrected chi connectivity index (χ1v) is 12.4. The summed E-state index contributed by atoms with van der Waals surface area (Å²) in [5.41, 5.74) is 5.96. The zero-order valence-electron chi connectivity index (χ0n) is 14.9. The van der Waals surface area contributed by atoms with Crippen LogP contribution in [0.2, 0.25) is 0 Å². The quantitative estimate of drug-likeness (QED) is 0.249. The van der Waals surface area contributed by atoms with E-state index in [9.17, 15) is 28.1 Å². The average molecular weight is 509 g/mol. The molecule has 5 atom stereocenters. The number of anilines is 1. The first kappa shape index (κ1) is 24.3. The molecule has 0 bridgehead atoms. The number of hydrogen-bond acceptors (Lipinski definition) is 12. The maximum Gasteiger partial charge on any atom is 0.490 e. The summed E-state index contributed by atoms with van der Waals surface area (Å²) < 4.78 is 66.1. The molecule has 0 saturated carbocycles. The molecular weight excluding hydrogens is 494 g/mol. The fourth-order valence-corrected chi connectivity index (χ4v) is 5.61. The van der Waals surface area contributed by atoms with Crippen molar-refractivity contribution in [2.24, 2.45) is 0 Å². The van der Waals surface area contributed by atoms with Crippen molar-refractivity contribution in [3.05, 3.63) is 12.7 Å². The molecule has 31 heavy (non-hydrogen) atoms. The van der Waals surface area contributed by atoms with Gasteiger partial charge in [-0.3, -0.25) is 9.09 Å². The molecule has 1 saturated heterocycles. The van der Waals surface area contributed by atoms with Crippen LogP contribution < -0.4 is 5.73 Å². The number of phosphoric acid groups is 3. The molecule has 1 aliphatic rings. The molecule has 1 fully saturated rings. The summed E-state index contributed by atoms with van der Waals surface area (Å²) >= 11 is 0. The van der Waals surface area contributed by atoms with Crippen LogP contribution >= 0.6 is 23.5 Å². The lowest BCUT2D eigenvalue weighted by molar-refractivity contribution is -0.203. The molecular formula is C10H15FN5O12P3. The number of aliphatic hydroxyl groups excluding tert-OH is 1. The number of aliphatic hydroxyl groups is 1. The number of halogens is 1. The highest BCUT2D eigenvalue weighted by Gasteiger charge is 2.52. The summed E-state index contributed by atoms with van der Waals surface area (Å²) in [6.07, 6.45) is -1.24. The molecule has 0 radical (unpaired) electrons. The number of hydrogen-bond donors (Lipinski definition) is 6. The van der Waals surface area contributed by atoms with Crippen molar-refractivity contribution in [1.82, 2.24) is 19.5 Å². The Labute approximate surface area is 171 Å². The fourth-order valence-electron chi connectivity index (χ4n) is 2.57. The van der Waals surface area contributed by atoms with E-state index in [1.165, 1.54) is 10.9 Å². The van der Waals surface area contributed by atoms with Gasteiger partial charge in [0, 0.05) is 6.42 Å². The highest BCUT2D eigenvalue weighted by Crippen LogP contribution is 2.66. The Morgan fingerprint density at radius 1 is 1.19 bits per heavy atom. The number of nitrogen functional groups attached to an aromatic ring is 1. The minimum atomic E-state index is -5.78. The molecule has 2 aromatic heterocycles. The minimum Gasteiger partial charge on any atom is -0.387 e. The third kappa shape index (κ3) is 5.70. The second-order valence-corrected chi connectivity index (χ2v) is 10.5. The number of phosphoric ester groups is 1. The Balaban J connectivity index is 1.70. The molecule has 3 heterocycles. The minimum absolute atomic E-state index is 0.0291. The monoisotopic (exact) mass is 509 g/mol. The van der Waals surface area contributed by atoms with E-state index in [1.807, 2.05) is 0 Å². The number of nitrogens with two attached hydrogens (primary N) is 1. The Morgan fingerprint density at radius 2 is 1.87 bits per heavy atom. The van der Waals surface area contributed by atoms with Gasteiger partial charge in [0.05, 0.1) is 6.33 Å². The number of rotatable bonds is 8. The molecule has 174 valence electrons. The molecule has 17 nitrogen and oxygen atoms in total. The molecule has 0 aromatic carbocycles. The number of nitrogens with zero attached hydrogens (tertiary/aromatic N) is 4. The van der Waals surface area contributed by atoms with Crippen molar-refractivity contribution < 1.29 is 60.6 Å². The zero-order valence-corrected chi connectivity index (χ0v) is 17.6. The number of fused-ring (bicyclic) bond motifs is 1. The Kier molecular flexibility index (Phi) is 6.41. The van der Waals surface area contributed by atoms with Gasteiger partial charge in [-0.1, -0.05) is 0 Å². The molecule has 1 aliphatic heterocycles. The average Bonchev–Trinajstić information content (AvgIpc) is 3.13. The summed E-state index contributed by atoms with van der Waals surface area (Å²) in [6, 6.07) is 0. The maximum absolute atomic E-state index is 15.0. The van der Waals surface area contributed by atoms with Crippen molar-refractivity contribution in [2.75, 3.05) is 12.3 Å². The molecule has 7 N–H and O–H groups in total. The molecule has 2 aromatic rings. The van der Waals surface area contributed by atoms with Gasteiger partial charge in [-0.05, 0) is 0 Å². The highest BCUT2D eigenvalue weighted by molar-refractivity contribution is 7.66. The number of aromatic nitrogens is 4. The summed E-state index contributed by atoms with van der Waals surface area (Å²) in [5, 5.41) is 10.0. The van der Waals surface area contributed by atoms with Gasteiger partial charge in [0.25, 0.3) is 5.85 Å². The predicted molar refractivity (Wildman–Crippen MR) is 94.1 cm³/mol. The highest BCUT2D eigenvalue weighted by atomic mass is 31.3. The summed E-state index contributed by atoms with van der Waals surface area (Å²) in [4.78, 5) is 47.0. The van der Waals surface area contributed by atoms with Crippen molar-refractivity contribution in [3.8, 4) is 0 Å². The third-order valence-electron chi connectivity index (χ3n) is 3.79. The van der Waals surface area contributed by atoms with Crippen LogP contribution in [0.25, 0.3) is 11.2 Å². The van der Waals surface area contributed by atoms with E-state index < -0.39 is 54.7 Å². The van der Waals surface area contributed by atoms with Crippen LogP contribution in [0, 0.1) is 0 Å². The van der Waals surface area contributed by atoms with Crippen molar-refractivity contribution in [2.45, 2.75) is 24.6 Å². The molecule has 0 amide bonds. The van der Waals surface area contributed by atoms with Crippen molar-refractivity contribution in [1.29, 1.82) is 0 Å². The topological polar surface area (TPSA) is 259 Å². The first-order chi connectivity index (χ1) is 14.1. The van der Waals surface area contributed by atoms with E-state index in [0.29, 0.717) is 0 Å². The fraction of sp³-hybridized carbons (Fsp3) is 0.500. The largest absolute Gasteiger partial charge is 0.490 e. The second kappa shape index (κ2) is 8.19. The van der Waals surface area contributed by atoms with Gasteiger partial charge >= 0.3 is 23.5 Å². The SMILES string of the molecule is Nc1ncnc2c1ncn2C1CC(O)C(F)(COP(=O)(O)OP(=O)(O)OP(=O)(O)O)O1. The van der Waals surface area contributed by atoms with E-state index >= 15 is 0 Å². The maximum atomic E-state index is 15.0. The van der Waals surface area contributed by atoms with Crippen LogP contribution in [0.4, 0.5) is 10.2 Å². The van der Waals surface area contributed by atoms with Crippen LogP contribution in [-0.4, -0.2) is 62.8 Å². The number of imidazole rings is 1. The molecule has 3 rings (SSSR count). The van der Waals surface area contributed by atoms with Gasteiger partial charge in [-0.2, -0.15) is 8.62 Å². The normalized spacial score (nSPS) is 28.5. The smallest absolute Gasteiger partial charge is 0.387 e. The summed E-state index contributed by atoms with van der Waals surface area (Å²) in [6.45, 7) is -1.49. The molecule has 0 spiro atoms. The predicted octanol–water partition coefficient (Wildman–Crippen LogP) is -0.303. The molecule has 21 heteroatoms. The first-order valence-electron chi connectivity index (χ1n) is 7.87. The van der Waals surface area contributed by atoms with E-state index in [0.717, 1.165) is 6.33 Å². The van der Waals surface area contributed by atoms with Crippen LogP contribution in [-0.2, 0) is 31.6 Å². The lowest BCUT2D eigenvalue weighted by atomic mass is 10.1. The number of alkyl halides is 1. The molecule has 0 aliphatic carbocycles. The van der Waals surface area contributed by atoms with Crippen molar-refractivity contribution >= 4 is 40.4 Å². The Bertz CT molecular complexity index is 1130. The van der Waals surface area contributed by atoms with Gasteiger partial charge in [0.1, 0.15) is 30.8 Å².